The Kier molecular flexibility index (Phi) is 4.86. The van der Waals surface area contributed by atoms with Gasteiger partial charge in [-0.15, -0.1) is 0 Å². The topological polar surface area (TPSA) is 78.8 Å². The number of carbonyl (C=O) groups is 2. The Morgan fingerprint density at radius 2 is 2.00 bits per heavy atom. The number of aliphatic hydroxyl groups excluding tert-OH is 1. The van der Waals surface area contributed by atoms with Gasteiger partial charge in [0, 0.05) is 39.1 Å². The van der Waals surface area contributed by atoms with Crippen LogP contribution in [0.2, 0.25) is 0 Å². The molecule has 106 valence electrons. The Labute approximate surface area is 113 Å². The largest absolute Gasteiger partial charge is 0.511 e. The molecule has 1 aliphatic rings. The van der Waals surface area contributed by atoms with Crippen LogP contribution in [0.4, 0.5) is 0 Å². The van der Waals surface area contributed by atoms with Gasteiger partial charge in [-0.05, 0) is 11.8 Å². The van der Waals surface area contributed by atoms with E-state index in [9.17, 15) is 14.7 Å². The molecule has 0 saturated heterocycles. The highest BCUT2D eigenvalue weighted by Crippen LogP contribution is 2.35. The van der Waals surface area contributed by atoms with E-state index in [1.165, 1.54) is 0 Å². The zero-order chi connectivity index (χ0) is 14.6. The second-order valence-electron chi connectivity index (χ2n) is 5.61. The summed E-state index contributed by atoms with van der Waals surface area (Å²) in [5, 5.41) is 12.5. The summed E-state index contributed by atoms with van der Waals surface area (Å²) in [7, 11) is 3.16. The van der Waals surface area contributed by atoms with Crippen molar-refractivity contribution in [3.8, 4) is 0 Å². The molecule has 19 heavy (non-hydrogen) atoms. The first kappa shape index (κ1) is 15.4. The van der Waals surface area contributed by atoms with E-state index < -0.39 is 0 Å². The van der Waals surface area contributed by atoms with Crippen molar-refractivity contribution in [3.63, 3.8) is 0 Å². The van der Waals surface area contributed by atoms with Crippen LogP contribution in [0.1, 0.15) is 39.5 Å². The summed E-state index contributed by atoms with van der Waals surface area (Å²) < 4.78 is 0. The zero-order valence-electron chi connectivity index (χ0n) is 12.0. The van der Waals surface area contributed by atoms with E-state index in [0.717, 1.165) is 0 Å². The molecule has 1 saturated carbocycles. The van der Waals surface area contributed by atoms with E-state index in [1.54, 1.807) is 14.1 Å². The average Bonchev–Trinajstić information content (AvgIpc) is 2.33. The summed E-state index contributed by atoms with van der Waals surface area (Å²) in [6.07, 6.45) is 1.39. The first-order valence-electron chi connectivity index (χ1n) is 6.42. The monoisotopic (exact) mass is 266 g/mol. The molecule has 0 aromatic carbocycles. The number of hydrogen-bond acceptors (Lipinski definition) is 4. The lowest BCUT2D eigenvalue weighted by molar-refractivity contribution is -0.121. The number of aliphatic hydroxyl groups is 1. The quantitative estimate of drug-likeness (QED) is 0.603. The highest BCUT2D eigenvalue weighted by Gasteiger charge is 2.35. The molecule has 2 N–H and O–H groups in total. The second kappa shape index (κ2) is 5.99. The van der Waals surface area contributed by atoms with E-state index in [-0.39, 0.29) is 35.7 Å². The van der Waals surface area contributed by atoms with Gasteiger partial charge in [0.25, 0.3) is 0 Å². The Morgan fingerprint density at radius 1 is 1.37 bits per heavy atom. The summed E-state index contributed by atoms with van der Waals surface area (Å²) in [6.45, 7) is 4.02. The van der Waals surface area contributed by atoms with E-state index in [1.807, 2.05) is 13.8 Å². The van der Waals surface area contributed by atoms with Gasteiger partial charge in [-0.3, -0.25) is 14.6 Å². The lowest BCUT2D eigenvalue weighted by atomic mass is 9.73. The van der Waals surface area contributed by atoms with Crippen LogP contribution < -0.4 is 5.32 Å². The molecule has 5 heteroatoms. The van der Waals surface area contributed by atoms with Crippen LogP contribution in [0.15, 0.2) is 16.3 Å². The molecule has 0 heterocycles. The summed E-state index contributed by atoms with van der Waals surface area (Å²) in [5.41, 5.74) is 0.817. The van der Waals surface area contributed by atoms with Crippen LogP contribution in [0.3, 0.4) is 0 Å². The van der Waals surface area contributed by atoms with Crippen LogP contribution >= 0.6 is 0 Å². The van der Waals surface area contributed by atoms with Crippen LogP contribution in [-0.2, 0) is 9.59 Å². The Bertz CT molecular complexity index is 448. The standard InChI is InChI=1S/C14H22N2O3/c1-14(2)7-9(15-3)13(11(18)8-14)10(17)5-6-12(19)16-4/h17H,5-8H2,1-4H3,(H,16,19). The Morgan fingerprint density at radius 3 is 2.53 bits per heavy atom. The molecule has 0 aromatic rings. The van der Waals surface area contributed by atoms with Crippen molar-refractivity contribution in [3.05, 3.63) is 11.3 Å². The maximum absolute atomic E-state index is 12.1. The Hall–Kier alpha value is -1.65. The number of rotatable bonds is 3. The van der Waals surface area contributed by atoms with Gasteiger partial charge in [0.1, 0.15) is 5.76 Å². The van der Waals surface area contributed by atoms with Crippen molar-refractivity contribution in [2.24, 2.45) is 10.4 Å². The lowest BCUT2D eigenvalue weighted by Gasteiger charge is -2.31. The fraction of sp³-hybridized carbons (Fsp3) is 0.643. The summed E-state index contributed by atoms with van der Waals surface area (Å²) in [5.74, 6) is -0.276. The molecular formula is C14H22N2O3. The van der Waals surface area contributed by atoms with E-state index in [4.69, 9.17) is 0 Å². The maximum atomic E-state index is 12.1. The van der Waals surface area contributed by atoms with Crippen LogP contribution in [0, 0.1) is 5.41 Å². The van der Waals surface area contributed by atoms with Crippen molar-refractivity contribution in [2.45, 2.75) is 39.5 Å². The van der Waals surface area contributed by atoms with Crippen molar-refractivity contribution >= 4 is 17.4 Å². The fourth-order valence-corrected chi connectivity index (χ4v) is 2.29. The van der Waals surface area contributed by atoms with Crippen LogP contribution in [0.25, 0.3) is 0 Å². The minimum Gasteiger partial charge on any atom is -0.511 e. The minimum atomic E-state index is -0.161. The number of Topliss-reactive ketones (excluding diaryl/α,β-unsaturated/α-hetero) is 1. The Balaban J connectivity index is 2.96. The molecule has 5 nitrogen and oxygen atoms in total. The first-order chi connectivity index (χ1) is 8.80. The SMILES string of the molecule is CN=C1CC(C)(C)CC(=O)C1=C(O)CCC(=O)NC. The van der Waals surface area contributed by atoms with Crippen LogP contribution in [-0.4, -0.2) is 36.6 Å². The molecule has 1 aliphatic carbocycles. The van der Waals surface area contributed by atoms with Gasteiger partial charge >= 0.3 is 0 Å². The number of aliphatic imine (C=N–C) groups is 1. The molecule has 1 fully saturated rings. The highest BCUT2D eigenvalue weighted by atomic mass is 16.3. The highest BCUT2D eigenvalue weighted by molar-refractivity contribution is 6.24. The third-order valence-corrected chi connectivity index (χ3v) is 3.28. The number of hydrogen-bond donors (Lipinski definition) is 2. The predicted octanol–water partition coefficient (Wildman–Crippen LogP) is 1.78. The normalized spacial score (nSPS) is 23.4. The molecule has 0 radical (unpaired) electrons. The predicted molar refractivity (Wildman–Crippen MR) is 74.3 cm³/mol. The van der Waals surface area contributed by atoms with Gasteiger partial charge in [0.2, 0.25) is 5.91 Å². The van der Waals surface area contributed by atoms with Gasteiger partial charge in [-0.1, -0.05) is 13.8 Å². The molecular weight excluding hydrogens is 244 g/mol. The fourth-order valence-electron chi connectivity index (χ4n) is 2.29. The minimum absolute atomic E-state index is 0.0234. The summed E-state index contributed by atoms with van der Waals surface area (Å²) in [4.78, 5) is 27.4. The smallest absolute Gasteiger partial charge is 0.220 e. The molecule has 0 spiro atoms. The van der Waals surface area contributed by atoms with Gasteiger partial charge in [-0.2, -0.15) is 0 Å². The van der Waals surface area contributed by atoms with Crippen molar-refractivity contribution in [1.29, 1.82) is 0 Å². The number of ketones is 1. The third-order valence-electron chi connectivity index (χ3n) is 3.28. The lowest BCUT2D eigenvalue weighted by Crippen LogP contribution is -2.32. The van der Waals surface area contributed by atoms with Crippen LogP contribution in [0.5, 0.6) is 0 Å². The molecule has 0 atom stereocenters. The molecule has 1 amide bonds. The van der Waals surface area contributed by atoms with Crippen molar-refractivity contribution in [2.75, 3.05) is 14.1 Å². The number of nitrogens with one attached hydrogen (secondary N) is 1. The number of carbonyl (C=O) groups excluding carboxylic acids is 2. The molecule has 0 bridgehead atoms. The van der Waals surface area contributed by atoms with Gasteiger partial charge < -0.3 is 10.4 Å². The van der Waals surface area contributed by atoms with E-state index in [2.05, 4.69) is 10.3 Å². The number of allylic oxidation sites excluding steroid dienone is 2. The van der Waals surface area contributed by atoms with Gasteiger partial charge in [0.15, 0.2) is 5.78 Å². The maximum Gasteiger partial charge on any atom is 0.220 e. The van der Waals surface area contributed by atoms with Crippen molar-refractivity contribution in [1.82, 2.24) is 5.32 Å². The second-order valence-corrected chi connectivity index (χ2v) is 5.61. The number of amides is 1. The van der Waals surface area contributed by atoms with Gasteiger partial charge in [0.05, 0.1) is 5.57 Å². The van der Waals surface area contributed by atoms with Crippen molar-refractivity contribution < 1.29 is 14.7 Å². The molecule has 1 rings (SSSR count). The van der Waals surface area contributed by atoms with E-state index in [0.29, 0.717) is 24.1 Å². The summed E-state index contributed by atoms with van der Waals surface area (Å²) in [6, 6.07) is 0. The zero-order valence-corrected chi connectivity index (χ0v) is 12.0. The van der Waals surface area contributed by atoms with E-state index >= 15 is 0 Å². The summed E-state index contributed by atoms with van der Waals surface area (Å²) >= 11 is 0. The number of nitrogens with zero attached hydrogens (tertiary/aromatic N) is 1. The molecule has 0 unspecified atom stereocenters. The van der Waals surface area contributed by atoms with Gasteiger partial charge in [-0.25, -0.2) is 0 Å². The third kappa shape index (κ3) is 3.91. The first-order valence-corrected chi connectivity index (χ1v) is 6.42. The average molecular weight is 266 g/mol. The molecule has 0 aromatic heterocycles. The molecule has 0 aliphatic heterocycles.